The molecular weight excluding hydrogens is 502 g/mol. The van der Waals surface area contributed by atoms with E-state index in [1.54, 1.807) is 0 Å². The Morgan fingerprint density at radius 3 is 2.11 bits per heavy atom. The highest BCUT2D eigenvalue weighted by molar-refractivity contribution is 7.09. The lowest BCUT2D eigenvalue weighted by atomic mass is 9.96. The lowest BCUT2D eigenvalue weighted by molar-refractivity contribution is -0.131. The molecule has 2 heterocycles. The topological polar surface area (TPSA) is 52.6 Å². The molecule has 1 aliphatic rings. The molecule has 0 N–H and O–H groups in total. The summed E-state index contributed by atoms with van der Waals surface area (Å²) >= 11 is 7.31. The van der Waals surface area contributed by atoms with Crippen LogP contribution >= 0.6 is 23.1 Å². The van der Waals surface area contributed by atoms with Gasteiger partial charge in [-0.15, -0.1) is 0 Å². The smallest absolute Gasteiger partial charge is 0.242 e. The first-order chi connectivity index (χ1) is 18.1. The molecule has 3 aromatic carbocycles. The number of rotatable bonds is 8. The third-order valence-corrected chi connectivity index (χ3v) is 7.81. The summed E-state index contributed by atoms with van der Waals surface area (Å²) in [4.78, 5) is 24.1. The molecule has 1 amide bonds. The lowest BCUT2D eigenvalue weighted by Crippen LogP contribution is -2.51. The summed E-state index contributed by atoms with van der Waals surface area (Å²) in [7, 11) is 1.90. The van der Waals surface area contributed by atoms with E-state index in [0.717, 1.165) is 29.6 Å². The first-order valence-electron chi connectivity index (χ1n) is 12.5. The third kappa shape index (κ3) is 6.36. The number of likely N-dealkylation sites (N-methyl/N-ethyl adjacent to an activating group) is 1. The Labute approximate surface area is 227 Å². The second-order valence-electron chi connectivity index (χ2n) is 9.29. The zero-order valence-electron chi connectivity index (χ0n) is 20.8. The van der Waals surface area contributed by atoms with Gasteiger partial charge in [0.05, 0.1) is 12.6 Å². The van der Waals surface area contributed by atoms with Gasteiger partial charge in [-0.25, -0.2) is 4.98 Å². The molecule has 1 aromatic heterocycles. The number of hydrogen-bond acceptors (Lipinski definition) is 6. The Morgan fingerprint density at radius 2 is 1.51 bits per heavy atom. The van der Waals surface area contributed by atoms with E-state index in [-0.39, 0.29) is 18.5 Å². The van der Waals surface area contributed by atoms with Gasteiger partial charge in [0.1, 0.15) is 5.82 Å². The van der Waals surface area contributed by atoms with Gasteiger partial charge in [-0.3, -0.25) is 9.69 Å². The van der Waals surface area contributed by atoms with Crippen molar-refractivity contribution >= 4 is 34.2 Å². The Bertz CT molecular complexity index is 1250. The largest absolute Gasteiger partial charge is 0.341 e. The van der Waals surface area contributed by atoms with Crippen molar-refractivity contribution in [2.45, 2.75) is 12.5 Å². The van der Waals surface area contributed by atoms with E-state index in [4.69, 9.17) is 11.6 Å². The van der Waals surface area contributed by atoms with E-state index < -0.39 is 0 Å². The SMILES string of the molecule is CN(CC(=O)N1CCN(C(c2ccccc2)c2ccccc2)CC1)c1nc(Cc2ccc(Cl)cc2)ns1. The number of hydrogen-bond donors (Lipinski definition) is 0. The van der Waals surface area contributed by atoms with Crippen molar-refractivity contribution in [3.8, 4) is 0 Å². The molecule has 1 saturated heterocycles. The maximum absolute atomic E-state index is 13.1. The minimum absolute atomic E-state index is 0.118. The summed E-state index contributed by atoms with van der Waals surface area (Å²) in [6.45, 7) is 3.36. The van der Waals surface area contributed by atoms with Crippen LogP contribution in [0.1, 0.15) is 28.6 Å². The molecule has 0 unspecified atom stereocenters. The van der Waals surface area contributed by atoms with Crippen LogP contribution in [0.2, 0.25) is 5.02 Å². The molecule has 1 aliphatic heterocycles. The Kier molecular flexibility index (Phi) is 8.14. The molecule has 0 aliphatic carbocycles. The van der Waals surface area contributed by atoms with Crippen molar-refractivity contribution in [1.29, 1.82) is 0 Å². The number of anilines is 1. The standard InChI is InChI=1S/C29H30ClN5OS/c1-33(29-31-26(32-37-29)20-22-12-14-25(30)15-13-22)21-27(36)34-16-18-35(19-17-34)28(23-8-4-2-5-9-23)24-10-6-3-7-11-24/h2-15,28H,16-21H2,1H3. The number of carbonyl (C=O) groups is 1. The number of amides is 1. The van der Waals surface area contributed by atoms with Crippen LogP contribution in [0.3, 0.4) is 0 Å². The van der Waals surface area contributed by atoms with Crippen LogP contribution in [-0.4, -0.2) is 64.8 Å². The molecule has 190 valence electrons. The summed E-state index contributed by atoms with van der Waals surface area (Å²) in [5, 5.41) is 1.47. The highest BCUT2D eigenvalue weighted by Gasteiger charge is 2.28. The molecule has 0 bridgehead atoms. The Hall–Kier alpha value is -3.26. The number of piperazine rings is 1. The van der Waals surface area contributed by atoms with Crippen LogP contribution in [0.4, 0.5) is 5.13 Å². The number of benzene rings is 3. The Morgan fingerprint density at radius 1 is 0.919 bits per heavy atom. The van der Waals surface area contributed by atoms with E-state index in [9.17, 15) is 4.79 Å². The fourth-order valence-corrected chi connectivity index (χ4v) is 5.51. The first kappa shape index (κ1) is 25.4. The van der Waals surface area contributed by atoms with Gasteiger partial charge in [0.2, 0.25) is 11.0 Å². The number of aromatic nitrogens is 2. The molecule has 6 nitrogen and oxygen atoms in total. The number of nitrogens with zero attached hydrogens (tertiary/aromatic N) is 5. The zero-order chi connectivity index (χ0) is 25.6. The molecule has 0 atom stereocenters. The predicted molar refractivity (Wildman–Crippen MR) is 150 cm³/mol. The average molecular weight is 532 g/mol. The fourth-order valence-electron chi connectivity index (χ4n) is 4.74. The van der Waals surface area contributed by atoms with Crippen LogP contribution in [0, 0.1) is 0 Å². The molecule has 0 saturated carbocycles. The van der Waals surface area contributed by atoms with Crippen LogP contribution in [0.5, 0.6) is 0 Å². The summed E-state index contributed by atoms with van der Waals surface area (Å²) in [6.07, 6.45) is 0.640. The van der Waals surface area contributed by atoms with E-state index in [1.165, 1.54) is 22.7 Å². The molecule has 0 radical (unpaired) electrons. The van der Waals surface area contributed by atoms with E-state index in [2.05, 4.69) is 74.9 Å². The van der Waals surface area contributed by atoms with Crippen molar-refractivity contribution in [2.24, 2.45) is 0 Å². The molecule has 37 heavy (non-hydrogen) atoms. The van der Waals surface area contributed by atoms with Crippen molar-refractivity contribution in [1.82, 2.24) is 19.2 Å². The molecule has 5 rings (SSSR count). The summed E-state index contributed by atoms with van der Waals surface area (Å²) in [6, 6.07) is 29.1. The van der Waals surface area contributed by atoms with Crippen LogP contribution in [-0.2, 0) is 11.2 Å². The van der Waals surface area contributed by atoms with Crippen LogP contribution < -0.4 is 4.90 Å². The van der Waals surface area contributed by atoms with E-state index >= 15 is 0 Å². The van der Waals surface area contributed by atoms with Gasteiger partial charge in [-0.1, -0.05) is 84.4 Å². The highest BCUT2D eigenvalue weighted by Crippen LogP contribution is 2.29. The third-order valence-electron chi connectivity index (χ3n) is 6.69. The summed E-state index contributed by atoms with van der Waals surface area (Å²) in [5.74, 6) is 0.871. The minimum Gasteiger partial charge on any atom is -0.341 e. The van der Waals surface area contributed by atoms with Gasteiger partial charge in [-0.2, -0.15) is 4.37 Å². The summed E-state index contributed by atoms with van der Waals surface area (Å²) < 4.78 is 4.49. The lowest BCUT2D eigenvalue weighted by Gasteiger charge is -2.40. The molecular formula is C29H30ClN5OS. The summed E-state index contributed by atoms with van der Waals surface area (Å²) in [5.41, 5.74) is 3.66. The first-order valence-corrected chi connectivity index (χ1v) is 13.6. The monoisotopic (exact) mass is 531 g/mol. The molecule has 0 spiro atoms. The number of halogens is 1. The molecule has 1 fully saturated rings. The maximum atomic E-state index is 13.1. The van der Waals surface area contributed by atoms with Crippen LogP contribution in [0.25, 0.3) is 0 Å². The van der Waals surface area contributed by atoms with Crippen LogP contribution in [0.15, 0.2) is 84.9 Å². The van der Waals surface area contributed by atoms with Gasteiger partial charge in [0.15, 0.2) is 0 Å². The second-order valence-corrected chi connectivity index (χ2v) is 10.5. The normalized spacial score (nSPS) is 14.2. The predicted octanol–water partition coefficient (Wildman–Crippen LogP) is 5.15. The van der Waals surface area contributed by atoms with Gasteiger partial charge < -0.3 is 9.80 Å². The molecule has 8 heteroatoms. The van der Waals surface area contributed by atoms with Crippen molar-refractivity contribution in [3.05, 3.63) is 112 Å². The fraction of sp³-hybridized carbons (Fsp3) is 0.276. The van der Waals surface area contributed by atoms with Gasteiger partial charge in [0.25, 0.3) is 0 Å². The van der Waals surface area contributed by atoms with Gasteiger partial charge in [0, 0.05) is 56.2 Å². The van der Waals surface area contributed by atoms with E-state index in [0.29, 0.717) is 24.5 Å². The number of carbonyl (C=O) groups excluding carboxylic acids is 1. The minimum atomic E-state index is 0.118. The highest BCUT2D eigenvalue weighted by atomic mass is 35.5. The maximum Gasteiger partial charge on any atom is 0.242 e. The average Bonchev–Trinajstić information content (AvgIpc) is 3.40. The quantitative estimate of drug-likeness (QED) is 0.314. The Balaban J connectivity index is 1.18. The van der Waals surface area contributed by atoms with Gasteiger partial charge in [-0.05, 0) is 28.8 Å². The zero-order valence-corrected chi connectivity index (χ0v) is 22.4. The van der Waals surface area contributed by atoms with Crippen molar-refractivity contribution in [2.75, 3.05) is 44.7 Å². The van der Waals surface area contributed by atoms with E-state index in [1.807, 2.05) is 41.1 Å². The molecule has 4 aromatic rings. The van der Waals surface area contributed by atoms with Gasteiger partial charge >= 0.3 is 0 Å². The van der Waals surface area contributed by atoms with Crippen molar-refractivity contribution in [3.63, 3.8) is 0 Å². The second kappa shape index (κ2) is 11.9. The van der Waals surface area contributed by atoms with Crippen molar-refractivity contribution < 1.29 is 4.79 Å².